The van der Waals surface area contributed by atoms with Gasteiger partial charge in [0.15, 0.2) is 0 Å². The van der Waals surface area contributed by atoms with Gasteiger partial charge in [-0.2, -0.15) is 5.26 Å². The first-order valence-corrected chi connectivity index (χ1v) is 11.3. The second kappa shape index (κ2) is 10.0. The van der Waals surface area contributed by atoms with E-state index in [1.165, 1.54) is 22.8 Å². The first-order valence-electron chi connectivity index (χ1n) is 11.3. The molecule has 36 heavy (non-hydrogen) atoms. The Balaban J connectivity index is 1.93. The minimum atomic E-state index is -0.796. The summed E-state index contributed by atoms with van der Waals surface area (Å²) in [6, 6.07) is 13.1. The fourth-order valence-corrected chi connectivity index (χ4v) is 4.16. The number of nitrogens with two attached hydrogens (primary N) is 1. The summed E-state index contributed by atoms with van der Waals surface area (Å²) in [5.74, 6) is -2.61. The highest BCUT2D eigenvalue weighted by atomic mass is 19.1. The molecule has 7 nitrogen and oxygen atoms in total. The van der Waals surface area contributed by atoms with Crippen LogP contribution in [0.15, 0.2) is 59.5 Å². The summed E-state index contributed by atoms with van der Waals surface area (Å²) in [6.07, 6.45) is 1.31. The predicted molar refractivity (Wildman–Crippen MR) is 131 cm³/mol. The van der Waals surface area contributed by atoms with Gasteiger partial charge in [-0.1, -0.05) is 13.8 Å². The maximum atomic E-state index is 14.0. The molecule has 1 amide bonds. The Morgan fingerprint density at radius 3 is 2.42 bits per heavy atom. The van der Waals surface area contributed by atoms with Crippen LogP contribution in [0.3, 0.4) is 0 Å². The summed E-state index contributed by atoms with van der Waals surface area (Å²) in [6.45, 7) is 3.99. The minimum Gasteiger partial charge on any atom is -0.370 e. The van der Waals surface area contributed by atoms with Crippen molar-refractivity contribution in [1.82, 2.24) is 14.5 Å². The molecule has 9 heteroatoms. The lowest BCUT2D eigenvalue weighted by molar-refractivity contribution is -0.118. The monoisotopic (exact) mass is 487 g/mol. The fraction of sp³-hybridized carbons (Fsp3) is 0.222. The van der Waals surface area contributed by atoms with E-state index in [0.29, 0.717) is 16.8 Å². The summed E-state index contributed by atoms with van der Waals surface area (Å²) in [5.41, 5.74) is 7.16. The van der Waals surface area contributed by atoms with Crippen LogP contribution in [0.4, 0.5) is 8.78 Å². The molecule has 1 atom stereocenters. The first-order chi connectivity index (χ1) is 17.2. The molecule has 182 valence electrons. The van der Waals surface area contributed by atoms with Gasteiger partial charge >= 0.3 is 0 Å². The van der Waals surface area contributed by atoms with Gasteiger partial charge in [-0.15, -0.1) is 0 Å². The van der Waals surface area contributed by atoms with E-state index in [1.807, 2.05) is 26.0 Å². The molecule has 2 aromatic carbocycles. The van der Waals surface area contributed by atoms with Gasteiger partial charge in [0.2, 0.25) is 5.91 Å². The van der Waals surface area contributed by atoms with Gasteiger partial charge in [0.25, 0.3) is 5.56 Å². The van der Waals surface area contributed by atoms with E-state index in [2.05, 4.69) is 9.97 Å². The van der Waals surface area contributed by atoms with Gasteiger partial charge in [-0.05, 0) is 59.9 Å². The van der Waals surface area contributed by atoms with Crippen molar-refractivity contribution < 1.29 is 13.6 Å². The highest BCUT2D eigenvalue weighted by Crippen LogP contribution is 2.27. The number of halogens is 2. The number of pyridine rings is 1. The molecule has 0 spiro atoms. The number of carbonyl (C=O) groups is 1. The van der Waals surface area contributed by atoms with Gasteiger partial charge in [0.05, 0.1) is 34.4 Å². The van der Waals surface area contributed by atoms with Crippen molar-refractivity contribution in [3.63, 3.8) is 0 Å². The standard InChI is InChI=1S/C27H23F2N5O2/c1-15(2)23-6-4-21(14-32-23)34-26(33-24-7-16(13-30)3-5-22(24)27(34)36)11-18(10-25(31)35)17-8-19(28)12-20(29)9-17/h3-9,12,14-15,18H,10-11H2,1-2H3,(H2,31,35)/t18-/m1/s1. The van der Waals surface area contributed by atoms with E-state index in [-0.39, 0.29) is 35.5 Å². The number of benzene rings is 2. The number of nitriles is 1. The number of hydrogen-bond acceptors (Lipinski definition) is 5. The Bertz CT molecular complexity index is 1540. The summed E-state index contributed by atoms with van der Waals surface area (Å²) in [5, 5.41) is 9.58. The fourth-order valence-electron chi connectivity index (χ4n) is 4.16. The van der Waals surface area contributed by atoms with Crippen LogP contribution in [0.25, 0.3) is 16.6 Å². The van der Waals surface area contributed by atoms with Crippen LogP contribution in [-0.4, -0.2) is 20.4 Å². The van der Waals surface area contributed by atoms with Crippen molar-refractivity contribution in [3.05, 3.63) is 99.4 Å². The molecule has 2 heterocycles. The first kappa shape index (κ1) is 24.7. The second-order valence-electron chi connectivity index (χ2n) is 8.88. The van der Waals surface area contributed by atoms with Crippen molar-refractivity contribution in [2.75, 3.05) is 0 Å². The van der Waals surface area contributed by atoms with E-state index in [1.54, 1.807) is 12.3 Å². The van der Waals surface area contributed by atoms with Gasteiger partial charge in [-0.3, -0.25) is 19.1 Å². The van der Waals surface area contributed by atoms with Crippen molar-refractivity contribution in [1.29, 1.82) is 5.26 Å². The Kier molecular flexibility index (Phi) is 6.88. The Hall–Kier alpha value is -4.45. The number of primary amides is 1. The van der Waals surface area contributed by atoms with Gasteiger partial charge in [0, 0.05) is 24.6 Å². The van der Waals surface area contributed by atoms with Crippen LogP contribution in [-0.2, 0) is 11.2 Å². The molecule has 0 bridgehead atoms. The highest BCUT2D eigenvalue weighted by molar-refractivity contribution is 5.79. The van der Waals surface area contributed by atoms with Crippen LogP contribution >= 0.6 is 0 Å². The highest BCUT2D eigenvalue weighted by Gasteiger charge is 2.22. The maximum Gasteiger partial charge on any atom is 0.266 e. The van der Waals surface area contributed by atoms with Crippen molar-refractivity contribution in [2.24, 2.45) is 5.73 Å². The SMILES string of the molecule is CC(C)c1ccc(-n2c(C[C@@H](CC(N)=O)c3cc(F)cc(F)c3)nc3cc(C#N)ccc3c2=O)cn1. The van der Waals surface area contributed by atoms with Crippen LogP contribution in [0.1, 0.15) is 54.7 Å². The zero-order chi connectivity index (χ0) is 26.0. The average molecular weight is 488 g/mol. The molecule has 2 aromatic heterocycles. The summed E-state index contributed by atoms with van der Waals surface area (Å²) >= 11 is 0. The molecule has 0 aliphatic carbocycles. The smallest absolute Gasteiger partial charge is 0.266 e. The molecule has 0 unspecified atom stereocenters. The molecule has 0 aliphatic rings. The Morgan fingerprint density at radius 1 is 1.11 bits per heavy atom. The molecular formula is C27H23F2N5O2. The van der Waals surface area contributed by atoms with Crippen LogP contribution in [0.2, 0.25) is 0 Å². The number of amides is 1. The average Bonchev–Trinajstić information content (AvgIpc) is 2.82. The third kappa shape index (κ3) is 5.13. The largest absolute Gasteiger partial charge is 0.370 e. The van der Waals surface area contributed by atoms with E-state index in [4.69, 9.17) is 5.73 Å². The minimum absolute atomic E-state index is 0.0280. The van der Waals surface area contributed by atoms with E-state index in [9.17, 15) is 23.6 Å². The third-order valence-electron chi connectivity index (χ3n) is 5.92. The molecule has 0 aliphatic heterocycles. The molecule has 0 saturated carbocycles. The normalized spacial score (nSPS) is 12.0. The summed E-state index contributed by atoms with van der Waals surface area (Å²) in [4.78, 5) is 34.6. The van der Waals surface area contributed by atoms with Gasteiger partial charge < -0.3 is 5.73 Å². The van der Waals surface area contributed by atoms with Crippen molar-refractivity contribution in [2.45, 2.75) is 38.5 Å². The molecular weight excluding hydrogens is 464 g/mol. The molecule has 0 radical (unpaired) electrons. The predicted octanol–water partition coefficient (Wildman–Crippen LogP) is 4.26. The van der Waals surface area contributed by atoms with Gasteiger partial charge in [-0.25, -0.2) is 13.8 Å². The van der Waals surface area contributed by atoms with E-state index in [0.717, 1.165) is 23.9 Å². The molecule has 0 fully saturated rings. The lowest BCUT2D eigenvalue weighted by Gasteiger charge is -2.20. The van der Waals surface area contributed by atoms with E-state index >= 15 is 0 Å². The number of carbonyl (C=O) groups excluding carboxylic acids is 1. The lowest BCUT2D eigenvalue weighted by atomic mass is 9.91. The zero-order valence-electron chi connectivity index (χ0n) is 19.7. The number of hydrogen-bond donors (Lipinski definition) is 1. The molecule has 4 rings (SSSR count). The number of rotatable bonds is 7. The maximum absolute atomic E-state index is 14.0. The van der Waals surface area contributed by atoms with Gasteiger partial charge in [0.1, 0.15) is 17.5 Å². The van der Waals surface area contributed by atoms with Crippen molar-refractivity contribution in [3.8, 4) is 11.8 Å². The summed E-state index contributed by atoms with van der Waals surface area (Å²) < 4.78 is 29.4. The molecule has 0 saturated heterocycles. The topological polar surface area (TPSA) is 115 Å². The number of fused-ring (bicyclic) bond motifs is 1. The molecule has 4 aromatic rings. The summed E-state index contributed by atoms with van der Waals surface area (Å²) in [7, 11) is 0. The van der Waals surface area contributed by atoms with Crippen LogP contribution in [0.5, 0.6) is 0 Å². The van der Waals surface area contributed by atoms with Crippen LogP contribution in [0, 0.1) is 23.0 Å². The Morgan fingerprint density at radius 2 is 1.83 bits per heavy atom. The lowest BCUT2D eigenvalue weighted by Crippen LogP contribution is -2.26. The molecule has 2 N–H and O–H groups in total. The number of nitrogens with zero attached hydrogens (tertiary/aromatic N) is 4. The Labute approximate surface area is 205 Å². The van der Waals surface area contributed by atoms with Crippen molar-refractivity contribution >= 4 is 16.8 Å². The zero-order valence-corrected chi connectivity index (χ0v) is 19.7. The van der Waals surface area contributed by atoms with Crippen LogP contribution < -0.4 is 11.3 Å². The second-order valence-corrected chi connectivity index (χ2v) is 8.88. The third-order valence-corrected chi connectivity index (χ3v) is 5.92. The quantitative estimate of drug-likeness (QED) is 0.418. The number of aromatic nitrogens is 3. The van der Waals surface area contributed by atoms with E-state index < -0.39 is 29.0 Å².